The molecule has 1 aliphatic heterocycles. The molecule has 0 radical (unpaired) electrons. The van der Waals surface area contributed by atoms with E-state index >= 15 is 0 Å². The molecule has 0 spiro atoms. The lowest BCUT2D eigenvalue weighted by Gasteiger charge is -2.26. The fraction of sp³-hybridized carbons (Fsp3) is 0.0645. The minimum absolute atomic E-state index is 0.209. The highest BCUT2D eigenvalue weighted by molar-refractivity contribution is 9.10. The Morgan fingerprint density at radius 1 is 0.756 bits per heavy atom. The number of hydrogen-bond acceptors (Lipinski definition) is 5. The molecule has 4 amide bonds. The van der Waals surface area contributed by atoms with Crippen LogP contribution in [0, 0.1) is 0 Å². The Bertz CT molecular complexity index is 1640. The molecule has 10 heteroatoms. The van der Waals surface area contributed by atoms with Gasteiger partial charge in [0.1, 0.15) is 30.3 Å². The van der Waals surface area contributed by atoms with Gasteiger partial charge in [0.05, 0.1) is 10.7 Å². The van der Waals surface area contributed by atoms with Crippen LogP contribution >= 0.6 is 43.5 Å². The summed E-state index contributed by atoms with van der Waals surface area (Å²) in [5.41, 5.74) is 2.53. The van der Waals surface area contributed by atoms with Gasteiger partial charge in [-0.15, -0.1) is 0 Å². The molecule has 5 rings (SSSR count). The molecule has 1 heterocycles. The number of urea groups is 1. The van der Waals surface area contributed by atoms with Crippen LogP contribution in [-0.2, 0) is 22.8 Å². The molecule has 1 aliphatic rings. The molecular formula is C31H21Br2ClN2O5. The summed E-state index contributed by atoms with van der Waals surface area (Å²) in [5.74, 6) is -0.535. The Morgan fingerprint density at radius 3 is 1.93 bits per heavy atom. The number of halogens is 3. The van der Waals surface area contributed by atoms with Gasteiger partial charge in [-0.2, -0.15) is 0 Å². The van der Waals surface area contributed by atoms with Crippen molar-refractivity contribution < 1.29 is 23.9 Å². The summed E-state index contributed by atoms with van der Waals surface area (Å²) in [4.78, 5) is 39.4. The first-order chi connectivity index (χ1) is 19.8. The number of hydrogen-bond donors (Lipinski definition) is 1. The number of amides is 4. The predicted molar refractivity (Wildman–Crippen MR) is 164 cm³/mol. The minimum Gasteiger partial charge on any atom is -0.489 e. The first-order valence-electron chi connectivity index (χ1n) is 12.3. The van der Waals surface area contributed by atoms with Gasteiger partial charge >= 0.3 is 6.03 Å². The minimum atomic E-state index is -0.838. The molecular weight excluding hydrogens is 676 g/mol. The molecule has 4 aromatic carbocycles. The Hall–Kier alpha value is -3.92. The lowest BCUT2D eigenvalue weighted by molar-refractivity contribution is -0.122. The van der Waals surface area contributed by atoms with Crippen LogP contribution in [0.15, 0.2) is 106 Å². The van der Waals surface area contributed by atoms with Crippen molar-refractivity contribution in [3.05, 3.63) is 127 Å². The van der Waals surface area contributed by atoms with Crippen LogP contribution in [0.3, 0.4) is 0 Å². The number of barbiturate groups is 1. The molecule has 41 heavy (non-hydrogen) atoms. The van der Waals surface area contributed by atoms with E-state index < -0.39 is 17.8 Å². The summed E-state index contributed by atoms with van der Waals surface area (Å²) in [5, 5.41) is 2.54. The quantitative estimate of drug-likeness (QED) is 0.151. The van der Waals surface area contributed by atoms with E-state index in [2.05, 4.69) is 37.2 Å². The zero-order valence-corrected chi connectivity index (χ0v) is 25.2. The molecule has 4 aromatic rings. The van der Waals surface area contributed by atoms with Crippen LogP contribution in [0.25, 0.3) is 6.08 Å². The van der Waals surface area contributed by atoms with Gasteiger partial charge in [0.25, 0.3) is 11.8 Å². The van der Waals surface area contributed by atoms with Crippen molar-refractivity contribution in [3.8, 4) is 11.5 Å². The number of carbonyl (C=O) groups is 3. The lowest BCUT2D eigenvalue weighted by Crippen LogP contribution is -2.54. The number of benzene rings is 4. The Balaban J connectivity index is 1.28. The van der Waals surface area contributed by atoms with Crippen LogP contribution in [0.1, 0.15) is 16.7 Å². The maximum Gasteiger partial charge on any atom is 0.335 e. The standard InChI is InChI=1S/C31H21Br2ClN2O5/c32-22-6-1-19(2-7-22)17-40-25-12-10-24(11-13-25)36-30(38)26(29(37)35-31(36)39)15-21-5-14-28(27(34)16-21)41-18-20-3-8-23(33)9-4-20/h1-16H,17-18H2,(H,35,37,39)/b26-15+. The zero-order chi connectivity index (χ0) is 28.9. The summed E-state index contributed by atoms with van der Waals surface area (Å²) in [6.45, 7) is 0.674. The second-order valence-electron chi connectivity index (χ2n) is 8.97. The third-order valence-corrected chi connectivity index (χ3v) is 7.44. The predicted octanol–water partition coefficient (Wildman–Crippen LogP) is 7.69. The highest BCUT2D eigenvalue weighted by atomic mass is 79.9. The first kappa shape index (κ1) is 28.6. The second-order valence-corrected chi connectivity index (χ2v) is 11.2. The fourth-order valence-electron chi connectivity index (χ4n) is 3.96. The van der Waals surface area contributed by atoms with E-state index in [1.165, 1.54) is 6.08 Å². The van der Waals surface area contributed by atoms with E-state index in [1.54, 1.807) is 42.5 Å². The third kappa shape index (κ3) is 7.05. The Labute approximate surface area is 258 Å². The third-order valence-electron chi connectivity index (χ3n) is 6.09. The highest BCUT2D eigenvalue weighted by Gasteiger charge is 2.36. The lowest BCUT2D eigenvalue weighted by atomic mass is 10.1. The maximum atomic E-state index is 13.3. The van der Waals surface area contributed by atoms with Crippen molar-refractivity contribution in [2.45, 2.75) is 13.2 Å². The molecule has 206 valence electrons. The second kappa shape index (κ2) is 12.7. The summed E-state index contributed by atoms with van der Waals surface area (Å²) < 4.78 is 13.6. The van der Waals surface area contributed by atoms with E-state index in [1.807, 2.05) is 48.5 Å². The average molecular weight is 697 g/mol. The van der Waals surface area contributed by atoms with Gasteiger partial charge in [-0.05, 0) is 83.4 Å². The zero-order valence-electron chi connectivity index (χ0n) is 21.3. The van der Waals surface area contributed by atoms with Gasteiger partial charge in [0.2, 0.25) is 0 Å². The number of rotatable bonds is 8. The molecule has 0 aromatic heterocycles. The van der Waals surface area contributed by atoms with Crippen molar-refractivity contribution >= 4 is 73.1 Å². The normalized spacial score (nSPS) is 14.3. The van der Waals surface area contributed by atoms with Crippen molar-refractivity contribution in [1.82, 2.24) is 5.32 Å². The summed E-state index contributed by atoms with van der Waals surface area (Å²) >= 11 is 13.2. The molecule has 0 bridgehead atoms. The van der Waals surface area contributed by atoms with Crippen LogP contribution in [0.2, 0.25) is 5.02 Å². The molecule has 1 fully saturated rings. The van der Waals surface area contributed by atoms with Crippen molar-refractivity contribution in [3.63, 3.8) is 0 Å². The number of imide groups is 2. The van der Waals surface area contributed by atoms with Gasteiger partial charge in [-0.1, -0.05) is 73.8 Å². The summed E-state index contributed by atoms with van der Waals surface area (Å²) in [7, 11) is 0. The summed E-state index contributed by atoms with van der Waals surface area (Å²) in [6, 6.07) is 26.0. The number of anilines is 1. The number of nitrogens with one attached hydrogen (secondary N) is 1. The van der Waals surface area contributed by atoms with Gasteiger partial charge in [0, 0.05) is 8.95 Å². The molecule has 1 saturated heterocycles. The number of nitrogens with zero attached hydrogens (tertiary/aromatic N) is 1. The van der Waals surface area contributed by atoms with Crippen LogP contribution in [0.4, 0.5) is 10.5 Å². The molecule has 0 unspecified atom stereocenters. The van der Waals surface area contributed by atoms with E-state index in [-0.39, 0.29) is 11.3 Å². The van der Waals surface area contributed by atoms with E-state index in [0.29, 0.717) is 35.3 Å². The van der Waals surface area contributed by atoms with Crippen molar-refractivity contribution in [2.24, 2.45) is 0 Å². The van der Waals surface area contributed by atoms with Gasteiger partial charge in [-0.3, -0.25) is 14.9 Å². The van der Waals surface area contributed by atoms with E-state index in [4.69, 9.17) is 21.1 Å². The maximum absolute atomic E-state index is 13.3. The molecule has 0 atom stereocenters. The monoisotopic (exact) mass is 694 g/mol. The SMILES string of the molecule is O=C1NC(=O)N(c2ccc(OCc3ccc(Br)cc3)cc2)C(=O)/C1=C/c1ccc(OCc2ccc(Br)cc2)c(Cl)c1. The van der Waals surface area contributed by atoms with E-state index in [9.17, 15) is 14.4 Å². The van der Waals surface area contributed by atoms with Gasteiger partial charge in [0.15, 0.2) is 0 Å². The fourth-order valence-corrected chi connectivity index (χ4v) is 4.74. The van der Waals surface area contributed by atoms with Crippen LogP contribution < -0.4 is 19.7 Å². The van der Waals surface area contributed by atoms with Gasteiger partial charge in [-0.25, -0.2) is 9.69 Å². The number of carbonyl (C=O) groups excluding carboxylic acids is 3. The number of ether oxygens (including phenoxy) is 2. The highest BCUT2D eigenvalue weighted by Crippen LogP contribution is 2.29. The smallest absolute Gasteiger partial charge is 0.335 e. The topological polar surface area (TPSA) is 84.9 Å². The van der Waals surface area contributed by atoms with Crippen LogP contribution in [0.5, 0.6) is 11.5 Å². The Kier molecular flexibility index (Phi) is 8.87. The van der Waals surface area contributed by atoms with Gasteiger partial charge < -0.3 is 9.47 Å². The largest absolute Gasteiger partial charge is 0.489 e. The Morgan fingerprint density at radius 2 is 1.34 bits per heavy atom. The summed E-state index contributed by atoms with van der Waals surface area (Å²) in [6.07, 6.45) is 1.39. The molecule has 1 N–H and O–H groups in total. The molecule has 0 aliphatic carbocycles. The van der Waals surface area contributed by atoms with Crippen molar-refractivity contribution in [2.75, 3.05) is 4.90 Å². The van der Waals surface area contributed by atoms with Crippen molar-refractivity contribution in [1.29, 1.82) is 0 Å². The van der Waals surface area contributed by atoms with E-state index in [0.717, 1.165) is 25.0 Å². The first-order valence-corrected chi connectivity index (χ1v) is 14.3. The molecule has 0 saturated carbocycles. The molecule has 7 nitrogen and oxygen atoms in total. The average Bonchev–Trinajstić information content (AvgIpc) is 2.96. The van der Waals surface area contributed by atoms with Crippen LogP contribution in [-0.4, -0.2) is 17.8 Å².